The fourth-order valence-corrected chi connectivity index (χ4v) is 4.15. The Morgan fingerprint density at radius 3 is 2.52 bits per heavy atom. The molecule has 3 rings (SSSR count). The van der Waals surface area contributed by atoms with Gasteiger partial charge in [-0.2, -0.15) is 13.2 Å². The predicted molar refractivity (Wildman–Crippen MR) is 117 cm³/mol. The van der Waals surface area contributed by atoms with E-state index in [-0.39, 0.29) is 5.91 Å². The van der Waals surface area contributed by atoms with Gasteiger partial charge in [-0.15, -0.1) is 11.8 Å². The second-order valence-electron chi connectivity index (χ2n) is 7.41. The normalized spacial score (nSPS) is 15.1. The van der Waals surface area contributed by atoms with Gasteiger partial charge < -0.3 is 10.2 Å². The van der Waals surface area contributed by atoms with Crippen molar-refractivity contribution in [3.05, 3.63) is 54.4 Å². The number of carbonyl (C=O) groups excluding carboxylic acids is 1. The number of hydrogen-bond donors (Lipinski definition) is 1. The van der Waals surface area contributed by atoms with E-state index in [1.807, 2.05) is 17.0 Å². The molecular formula is C22H27F3N4OS. The highest BCUT2D eigenvalue weighted by molar-refractivity contribution is 8.00. The summed E-state index contributed by atoms with van der Waals surface area (Å²) < 4.78 is 38.7. The Labute approximate surface area is 185 Å². The fourth-order valence-electron chi connectivity index (χ4n) is 3.43. The third-order valence-electron chi connectivity index (χ3n) is 5.15. The number of hydrogen-bond acceptors (Lipinski definition) is 5. The first kappa shape index (κ1) is 23.4. The highest BCUT2D eigenvalue weighted by atomic mass is 32.2. The average molecular weight is 453 g/mol. The minimum absolute atomic E-state index is 0.0245. The number of amides is 1. The van der Waals surface area contributed by atoms with Crippen molar-refractivity contribution < 1.29 is 18.0 Å². The number of anilines is 1. The van der Waals surface area contributed by atoms with Crippen LogP contribution in [0.4, 0.5) is 18.9 Å². The molecular weight excluding hydrogens is 425 g/mol. The summed E-state index contributed by atoms with van der Waals surface area (Å²) in [6, 6.07) is 9.30. The summed E-state index contributed by atoms with van der Waals surface area (Å²) in [4.78, 5) is 21.2. The molecule has 1 fully saturated rings. The molecule has 5 nitrogen and oxygen atoms in total. The van der Waals surface area contributed by atoms with Crippen LogP contribution in [0.5, 0.6) is 0 Å². The van der Waals surface area contributed by atoms with Crippen molar-refractivity contribution in [2.75, 3.05) is 49.9 Å². The van der Waals surface area contributed by atoms with Crippen molar-refractivity contribution in [3.63, 3.8) is 0 Å². The molecule has 2 heterocycles. The number of nitrogens with one attached hydrogen (secondary N) is 1. The van der Waals surface area contributed by atoms with Gasteiger partial charge in [-0.25, -0.2) is 0 Å². The molecule has 31 heavy (non-hydrogen) atoms. The molecule has 168 valence electrons. The molecule has 1 amide bonds. The maximum atomic E-state index is 12.9. The first-order chi connectivity index (χ1) is 14.9. The zero-order chi connectivity index (χ0) is 22.1. The van der Waals surface area contributed by atoms with E-state index in [4.69, 9.17) is 0 Å². The van der Waals surface area contributed by atoms with Crippen LogP contribution in [-0.4, -0.2) is 60.8 Å². The lowest BCUT2D eigenvalue weighted by Crippen LogP contribution is -2.46. The number of piperazine rings is 1. The van der Waals surface area contributed by atoms with Crippen LogP contribution < -0.4 is 10.2 Å². The van der Waals surface area contributed by atoms with Crippen LogP contribution >= 0.6 is 11.8 Å². The minimum atomic E-state index is -4.31. The molecule has 0 saturated carbocycles. The number of nitrogens with zero attached hydrogens (tertiary/aromatic N) is 3. The number of alkyl halides is 3. The Balaban J connectivity index is 1.28. The highest BCUT2D eigenvalue weighted by Gasteiger charge is 2.31. The van der Waals surface area contributed by atoms with E-state index in [2.05, 4.69) is 15.2 Å². The van der Waals surface area contributed by atoms with Gasteiger partial charge in [0.2, 0.25) is 5.91 Å². The van der Waals surface area contributed by atoms with Gasteiger partial charge in [-0.1, -0.05) is 6.07 Å². The lowest BCUT2D eigenvalue weighted by Gasteiger charge is -2.36. The standard InChI is InChI=1S/C22H27F3N4OS/c23-22(24,25)18-4-3-5-19(16-18)29-14-12-28(13-15-29)11-2-1-8-27-21(30)17-31-20-6-9-26-10-7-20/h3-7,9-10,16H,1-2,8,11-15,17H2,(H,27,30). The molecule has 0 unspecified atom stereocenters. The lowest BCUT2D eigenvalue weighted by molar-refractivity contribution is -0.137. The zero-order valence-electron chi connectivity index (χ0n) is 17.3. The van der Waals surface area contributed by atoms with Gasteiger partial charge >= 0.3 is 6.18 Å². The van der Waals surface area contributed by atoms with Crippen LogP contribution in [0.3, 0.4) is 0 Å². The van der Waals surface area contributed by atoms with Crippen LogP contribution in [0.1, 0.15) is 18.4 Å². The number of unbranched alkanes of at least 4 members (excludes halogenated alkanes) is 1. The number of pyridine rings is 1. The van der Waals surface area contributed by atoms with Crippen LogP contribution in [0.2, 0.25) is 0 Å². The maximum absolute atomic E-state index is 12.9. The van der Waals surface area contributed by atoms with Crippen molar-refractivity contribution >= 4 is 23.4 Å². The molecule has 0 atom stereocenters. The van der Waals surface area contributed by atoms with E-state index >= 15 is 0 Å². The monoisotopic (exact) mass is 452 g/mol. The molecule has 0 spiro atoms. The summed E-state index contributed by atoms with van der Waals surface area (Å²) >= 11 is 1.49. The molecule has 1 aromatic carbocycles. The highest BCUT2D eigenvalue weighted by Crippen LogP contribution is 2.31. The number of benzene rings is 1. The van der Waals surface area contributed by atoms with Crippen molar-refractivity contribution in [2.24, 2.45) is 0 Å². The summed E-state index contributed by atoms with van der Waals surface area (Å²) in [6.45, 7) is 4.66. The third-order valence-corrected chi connectivity index (χ3v) is 6.17. The smallest absolute Gasteiger partial charge is 0.369 e. The summed E-state index contributed by atoms with van der Waals surface area (Å²) in [7, 11) is 0. The van der Waals surface area contributed by atoms with E-state index < -0.39 is 11.7 Å². The maximum Gasteiger partial charge on any atom is 0.416 e. The number of rotatable bonds is 9. The largest absolute Gasteiger partial charge is 0.416 e. The van der Waals surface area contributed by atoms with Crippen molar-refractivity contribution in [1.82, 2.24) is 15.2 Å². The molecule has 1 saturated heterocycles. The first-order valence-electron chi connectivity index (χ1n) is 10.4. The number of thioether (sulfide) groups is 1. The minimum Gasteiger partial charge on any atom is -0.369 e. The van der Waals surface area contributed by atoms with Gasteiger partial charge in [-0.3, -0.25) is 14.7 Å². The van der Waals surface area contributed by atoms with Crippen molar-refractivity contribution in [3.8, 4) is 0 Å². The Hall–Kier alpha value is -2.26. The van der Waals surface area contributed by atoms with E-state index in [1.165, 1.54) is 23.9 Å². The Morgan fingerprint density at radius 1 is 1.06 bits per heavy atom. The molecule has 1 N–H and O–H groups in total. The lowest BCUT2D eigenvalue weighted by atomic mass is 10.1. The second-order valence-corrected chi connectivity index (χ2v) is 8.45. The van der Waals surface area contributed by atoms with Gasteiger partial charge in [-0.05, 0) is 49.7 Å². The Bertz CT molecular complexity index is 827. The van der Waals surface area contributed by atoms with Gasteiger partial charge in [0.05, 0.1) is 11.3 Å². The number of halogens is 3. The number of aromatic nitrogens is 1. The van der Waals surface area contributed by atoms with E-state index in [0.29, 0.717) is 31.1 Å². The summed E-state index contributed by atoms with van der Waals surface area (Å²) in [5, 5.41) is 2.94. The van der Waals surface area contributed by atoms with E-state index in [9.17, 15) is 18.0 Å². The topological polar surface area (TPSA) is 48.5 Å². The summed E-state index contributed by atoms with van der Waals surface area (Å²) in [6.07, 6.45) is 0.977. The van der Waals surface area contributed by atoms with Crippen LogP contribution in [0.25, 0.3) is 0 Å². The molecule has 0 bridgehead atoms. The SMILES string of the molecule is O=C(CSc1ccncc1)NCCCCN1CCN(c2cccc(C(F)(F)F)c2)CC1. The molecule has 1 aliphatic heterocycles. The summed E-state index contributed by atoms with van der Waals surface area (Å²) in [5.41, 5.74) is 0.0236. The first-order valence-corrected chi connectivity index (χ1v) is 11.3. The van der Waals surface area contributed by atoms with Crippen LogP contribution in [0.15, 0.2) is 53.7 Å². The van der Waals surface area contributed by atoms with Crippen molar-refractivity contribution in [2.45, 2.75) is 23.9 Å². The van der Waals surface area contributed by atoms with Gasteiger partial charge in [0.1, 0.15) is 0 Å². The fraction of sp³-hybridized carbons (Fsp3) is 0.455. The molecule has 9 heteroatoms. The molecule has 1 aliphatic rings. The molecule has 2 aromatic rings. The zero-order valence-corrected chi connectivity index (χ0v) is 18.1. The third kappa shape index (κ3) is 7.74. The van der Waals surface area contributed by atoms with E-state index in [1.54, 1.807) is 18.5 Å². The Kier molecular flexibility index (Phi) is 8.60. The Morgan fingerprint density at radius 2 is 1.81 bits per heavy atom. The van der Waals surface area contributed by atoms with Gasteiger partial charge in [0.25, 0.3) is 0 Å². The molecule has 0 radical (unpaired) electrons. The van der Waals surface area contributed by atoms with Crippen molar-refractivity contribution in [1.29, 1.82) is 0 Å². The van der Waals surface area contributed by atoms with Gasteiger partial charge in [0.15, 0.2) is 0 Å². The second kappa shape index (κ2) is 11.4. The predicted octanol–water partition coefficient (Wildman–Crippen LogP) is 3.91. The van der Waals surface area contributed by atoms with Gasteiger partial charge in [0, 0.05) is 55.7 Å². The summed E-state index contributed by atoms with van der Waals surface area (Å²) in [5.74, 6) is 0.415. The molecule has 0 aliphatic carbocycles. The average Bonchev–Trinajstić information content (AvgIpc) is 2.78. The van der Waals surface area contributed by atoms with Crippen LogP contribution in [-0.2, 0) is 11.0 Å². The molecule has 1 aromatic heterocycles. The number of carbonyl (C=O) groups is 1. The van der Waals surface area contributed by atoms with Crippen LogP contribution in [0, 0.1) is 0 Å². The van der Waals surface area contributed by atoms with E-state index in [0.717, 1.165) is 43.4 Å². The quantitative estimate of drug-likeness (QED) is 0.462.